The van der Waals surface area contributed by atoms with Crippen LogP contribution in [0.15, 0.2) is 30.6 Å². The Morgan fingerprint density at radius 1 is 1.27 bits per heavy atom. The van der Waals surface area contributed by atoms with Gasteiger partial charge in [0.05, 0.1) is 42.1 Å². The number of nitrogens with zero attached hydrogens (tertiary/aromatic N) is 6. The number of anilines is 3. The number of hydrogen-bond donors (Lipinski definition) is 1. The number of esters is 1. The van der Waals surface area contributed by atoms with E-state index in [0.29, 0.717) is 5.69 Å². The van der Waals surface area contributed by atoms with E-state index < -0.39 is 16.6 Å². The number of rotatable bonds is 10. The molecule has 1 aromatic carbocycles. The molecule has 0 aliphatic carbocycles. The van der Waals surface area contributed by atoms with E-state index in [1.807, 2.05) is 12.1 Å². The van der Waals surface area contributed by atoms with Crippen molar-refractivity contribution >= 4 is 29.0 Å². The number of nitrogens with one attached hydrogen (secondary N) is 1. The van der Waals surface area contributed by atoms with Crippen LogP contribution in [0.2, 0.25) is 0 Å². The second-order valence-electron chi connectivity index (χ2n) is 5.88. The van der Waals surface area contributed by atoms with Gasteiger partial charge in [-0.05, 0) is 25.1 Å². The molecule has 1 N–H and O–H groups in total. The first-order valence-electron chi connectivity index (χ1n) is 9.04. The molecule has 2 rings (SSSR count). The van der Waals surface area contributed by atoms with E-state index in [1.54, 1.807) is 25.1 Å². The molecule has 1 aromatic heterocycles. The standard InChI is InChI=1S/C19H19N7O4/c1-2-30-19(27)14-6-3-7-15(12-14)24-17-16(26(28)29)18(23-13-22-17)25(10-4-8-20)11-5-9-21/h3,6-7,12-13H,2,4-5,10-11H2,1H3,(H,22,23,24). The van der Waals surface area contributed by atoms with Gasteiger partial charge in [-0.15, -0.1) is 0 Å². The third-order valence-corrected chi connectivity index (χ3v) is 3.91. The van der Waals surface area contributed by atoms with Gasteiger partial charge >= 0.3 is 11.7 Å². The number of nitriles is 2. The molecular formula is C19H19N7O4. The summed E-state index contributed by atoms with van der Waals surface area (Å²) in [5, 5.41) is 32.4. The van der Waals surface area contributed by atoms with E-state index >= 15 is 0 Å². The molecule has 0 unspecified atom stereocenters. The molecule has 0 saturated carbocycles. The Morgan fingerprint density at radius 3 is 2.57 bits per heavy atom. The zero-order valence-corrected chi connectivity index (χ0v) is 16.2. The van der Waals surface area contributed by atoms with E-state index in [1.165, 1.54) is 11.0 Å². The molecule has 0 saturated heterocycles. The minimum absolute atomic E-state index is 0.00421. The molecule has 0 aliphatic heterocycles. The second-order valence-corrected chi connectivity index (χ2v) is 5.88. The minimum Gasteiger partial charge on any atom is -0.462 e. The molecule has 0 aliphatic rings. The van der Waals surface area contributed by atoms with Crippen molar-refractivity contribution in [3.8, 4) is 12.1 Å². The van der Waals surface area contributed by atoms with Crippen LogP contribution < -0.4 is 10.2 Å². The highest BCUT2D eigenvalue weighted by molar-refractivity contribution is 5.91. The monoisotopic (exact) mass is 409 g/mol. The van der Waals surface area contributed by atoms with E-state index in [4.69, 9.17) is 15.3 Å². The molecule has 1 heterocycles. The highest BCUT2D eigenvalue weighted by atomic mass is 16.6. The molecule has 2 aromatic rings. The molecule has 0 atom stereocenters. The highest BCUT2D eigenvalue weighted by Crippen LogP contribution is 2.33. The Labute approximate surface area is 172 Å². The molecular weight excluding hydrogens is 390 g/mol. The maximum Gasteiger partial charge on any atom is 0.353 e. The number of hydrogen-bond acceptors (Lipinski definition) is 10. The minimum atomic E-state index is -0.626. The zero-order chi connectivity index (χ0) is 21.9. The number of ether oxygens (including phenoxy) is 1. The Hall–Kier alpha value is -4.25. The van der Waals surface area contributed by atoms with Crippen LogP contribution in [0.3, 0.4) is 0 Å². The van der Waals surface area contributed by atoms with Gasteiger partial charge in [-0.2, -0.15) is 10.5 Å². The Morgan fingerprint density at radius 2 is 1.97 bits per heavy atom. The van der Waals surface area contributed by atoms with Gasteiger partial charge in [0.25, 0.3) is 0 Å². The van der Waals surface area contributed by atoms with E-state index in [-0.39, 0.29) is 49.7 Å². The van der Waals surface area contributed by atoms with Gasteiger partial charge in [-0.3, -0.25) is 10.1 Å². The van der Waals surface area contributed by atoms with Crippen molar-refractivity contribution < 1.29 is 14.5 Å². The Balaban J connectivity index is 2.42. The molecule has 154 valence electrons. The lowest BCUT2D eigenvalue weighted by atomic mass is 10.2. The van der Waals surface area contributed by atoms with Crippen LogP contribution in [0.5, 0.6) is 0 Å². The summed E-state index contributed by atoms with van der Waals surface area (Å²) in [5.41, 5.74) is 0.285. The van der Waals surface area contributed by atoms with Gasteiger partial charge in [-0.1, -0.05) is 6.07 Å². The third kappa shape index (κ3) is 5.62. The molecule has 0 amide bonds. The van der Waals surface area contributed by atoms with Crippen molar-refractivity contribution in [2.75, 3.05) is 29.9 Å². The van der Waals surface area contributed by atoms with E-state index in [9.17, 15) is 14.9 Å². The maximum absolute atomic E-state index is 11.9. The van der Waals surface area contributed by atoms with Gasteiger partial charge in [0, 0.05) is 18.8 Å². The SMILES string of the molecule is CCOC(=O)c1cccc(Nc2ncnc(N(CCC#N)CCC#N)c2[N+](=O)[O-])c1. The molecule has 11 heteroatoms. The van der Waals surface area contributed by atoms with Crippen LogP contribution in [0, 0.1) is 32.8 Å². The first kappa shape index (κ1) is 22.0. The summed E-state index contributed by atoms with van der Waals surface area (Å²) in [6.45, 7) is 2.26. The van der Waals surface area contributed by atoms with Crippen LogP contribution in [-0.4, -0.2) is 40.6 Å². The van der Waals surface area contributed by atoms with Crippen LogP contribution in [0.1, 0.15) is 30.1 Å². The van der Waals surface area contributed by atoms with E-state index in [0.717, 1.165) is 6.33 Å². The summed E-state index contributed by atoms with van der Waals surface area (Å²) in [6.07, 6.45) is 1.37. The average Bonchev–Trinajstić information content (AvgIpc) is 2.74. The highest BCUT2D eigenvalue weighted by Gasteiger charge is 2.27. The average molecular weight is 409 g/mol. The predicted octanol–water partition coefficient (Wildman–Crippen LogP) is 2.94. The summed E-state index contributed by atoms with van der Waals surface area (Å²) < 4.78 is 4.96. The van der Waals surface area contributed by atoms with Crippen molar-refractivity contribution in [3.05, 3.63) is 46.3 Å². The summed E-state index contributed by atoms with van der Waals surface area (Å²) in [5.74, 6) is -0.590. The van der Waals surface area contributed by atoms with Crippen LogP contribution in [0.4, 0.5) is 23.0 Å². The van der Waals surface area contributed by atoms with Crippen LogP contribution in [-0.2, 0) is 4.74 Å². The maximum atomic E-state index is 11.9. The Kier molecular flexibility index (Phi) is 8.03. The van der Waals surface area contributed by atoms with Crippen molar-refractivity contribution in [2.24, 2.45) is 0 Å². The first-order valence-corrected chi connectivity index (χ1v) is 9.04. The summed E-state index contributed by atoms with van der Waals surface area (Å²) in [6, 6.07) is 10.2. The molecule has 0 fully saturated rings. The number of carbonyl (C=O) groups is 1. The summed E-state index contributed by atoms with van der Waals surface area (Å²) >= 11 is 0. The smallest absolute Gasteiger partial charge is 0.353 e. The molecule has 0 spiro atoms. The van der Waals surface area contributed by atoms with Crippen molar-refractivity contribution in [3.63, 3.8) is 0 Å². The van der Waals surface area contributed by atoms with Crippen molar-refractivity contribution in [1.82, 2.24) is 9.97 Å². The number of carbonyl (C=O) groups excluding carboxylic acids is 1. The zero-order valence-electron chi connectivity index (χ0n) is 16.2. The van der Waals surface area contributed by atoms with Gasteiger partial charge in [0.2, 0.25) is 11.6 Å². The number of benzene rings is 1. The lowest BCUT2D eigenvalue weighted by molar-refractivity contribution is -0.383. The Bertz CT molecular complexity index is 979. The fourth-order valence-electron chi connectivity index (χ4n) is 2.63. The topological polar surface area (TPSA) is 158 Å². The van der Waals surface area contributed by atoms with Gasteiger partial charge in [-0.25, -0.2) is 14.8 Å². The van der Waals surface area contributed by atoms with Gasteiger partial charge in [0.15, 0.2) is 0 Å². The lowest BCUT2D eigenvalue weighted by Crippen LogP contribution is -2.27. The largest absolute Gasteiger partial charge is 0.462 e. The predicted molar refractivity (Wildman–Crippen MR) is 107 cm³/mol. The number of nitro groups is 1. The van der Waals surface area contributed by atoms with Crippen LogP contribution in [0.25, 0.3) is 0 Å². The van der Waals surface area contributed by atoms with Gasteiger partial charge in [0.1, 0.15) is 6.33 Å². The van der Waals surface area contributed by atoms with Crippen LogP contribution >= 0.6 is 0 Å². The van der Waals surface area contributed by atoms with E-state index in [2.05, 4.69) is 15.3 Å². The number of aromatic nitrogens is 2. The summed E-state index contributed by atoms with van der Waals surface area (Å²) in [7, 11) is 0. The molecule has 0 radical (unpaired) electrons. The lowest BCUT2D eigenvalue weighted by Gasteiger charge is -2.21. The summed E-state index contributed by atoms with van der Waals surface area (Å²) in [4.78, 5) is 32.6. The fourth-order valence-corrected chi connectivity index (χ4v) is 2.63. The van der Waals surface area contributed by atoms with Crippen molar-refractivity contribution in [1.29, 1.82) is 10.5 Å². The normalized spacial score (nSPS) is 9.83. The fraction of sp³-hybridized carbons (Fsp3) is 0.316. The second kappa shape index (κ2) is 10.9. The quantitative estimate of drug-likeness (QED) is 0.351. The molecule has 30 heavy (non-hydrogen) atoms. The van der Waals surface area contributed by atoms with Gasteiger partial charge < -0.3 is 15.0 Å². The third-order valence-electron chi connectivity index (χ3n) is 3.91. The van der Waals surface area contributed by atoms with Crippen molar-refractivity contribution in [2.45, 2.75) is 19.8 Å². The molecule has 11 nitrogen and oxygen atoms in total. The molecule has 0 bridgehead atoms. The first-order chi connectivity index (χ1) is 14.5.